The number of nitrogens with two attached hydrogens (primary N) is 2. The molecular formula is C24H24F2N8O3. The fraction of sp³-hybridized carbons (Fsp3) is 0.167. The van der Waals surface area contributed by atoms with Crippen molar-refractivity contribution in [2.45, 2.75) is 6.04 Å². The molecule has 0 saturated heterocycles. The highest BCUT2D eigenvalue weighted by atomic mass is 19.1. The van der Waals surface area contributed by atoms with Crippen LogP contribution in [0, 0.1) is 11.2 Å². The average molecular weight is 511 g/mol. The first-order valence-electron chi connectivity index (χ1n) is 11.0. The zero-order valence-corrected chi connectivity index (χ0v) is 19.7. The maximum atomic E-state index is 15.7. The highest BCUT2D eigenvalue weighted by Crippen LogP contribution is 2.35. The lowest BCUT2D eigenvalue weighted by Gasteiger charge is -2.21. The van der Waals surface area contributed by atoms with Crippen molar-refractivity contribution in [3.63, 3.8) is 0 Å². The number of aromatic amines is 1. The summed E-state index contributed by atoms with van der Waals surface area (Å²) >= 11 is 0. The van der Waals surface area contributed by atoms with E-state index in [4.69, 9.17) is 26.4 Å². The van der Waals surface area contributed by atoms with Crippen molar-refractivity contribution in [3.05, 3.63) is 88.0 Å². The standard InChI is InChI=1S/C24H24F2N8O3/c1-36-15-11-16(19(26)18(12-15)37-10-8-25)20(31-14-6-4-13(5-7-14)21(28)29)22-32-24(35)34(33-22)23-17(27)3-2-9-30-23/h2-7,9,11-12,20,31H,8,10,27H2,1H3,(H3,28,29)(H,32,33,35). The molecule has 37 heavy (non-hydrogen) atoms. The van der Waals surface area contributed by atoms with Gasteiger partial charge in [0, 0.05) is 29.1 Å². The van der Waals surface area contributed by atoms with Gasteiger partial charge in [-0.2, -0.15) is 4.68 Å². The summed E-state index contributed by atoms with van der Waals surface area (Å²) in [5, 5.41) is 15.0. The third kappa shape index (κ3) is 5.34. The number of halogens is 2. The normalized spacial score (nSPS) is 11.6. The molecule has 1 atom stereocenters. The van der Waals surface area contributed by atoms with Gasteiger partial charge in [-0.1, -0.05) is 0 Å². The minimum atomic E-state index is -1.08. The fourth-order valence-corrected chi connectivity index (χ4v) is 3.58. The first-order chi connectivity index (χ1) is 17.8. The topological polar surface area (TPSA) is 170 Å². The molecule has 0 fully saturated rings. The zero-order chi connectivity index (χ0) is 26.5. The van der Waals surface area contributed by atoms with Gasteiger partial charge in [0.15, 0.2) is 23.2 Å². The molecule has 0 aliphatic heterocycles. The second-order valence-corrected chi connectivity index (χ2v) is 7.78. The number of alkyl halides is 1. The summed E-state index contributed by atoms with van der Waals surface area (Å²) in [6, 6.07) is 11.3. The van der Waals surface area contributed by atoms with Crippen LogP contribution >= 0.6 is 0 Å². The van der Waals surface area contributed by atoms with Crippen molar-refractivity contribution in [1.82, 2.24) is 19.7 Å². The third-order valence-corrected chi connectivity index (χ3v) is 5.36. The molecule has 0 aliphatic rings. The van der Waals surface area contributed by atoms with Gasteiger partial charge in [-0.15, -0.1) is 5.10 Å². The number of hydrogen-bond acceptors (Lipinski definition) is 8. The predicted molar refractivity (Wildman–Crippen MR) is 134 cm³/mol. The lowest BCUT2D eigenvalue weighted by Crippen LogP contribution is -2.18. The van der Waals surface area contributed by atoms with Crippen LogP contribution in [0.2, 0.25) is 0 Å². The van der Waals surface area contributed by atoms with Crippen molar-refractivity contribution >= 4 is 17.2 Å². The Balaban J connectivity index is 1.85. The number of nitrogen functional groups attached to an aromatic ring is 2. The smallest absolute Gasteiger partial charge is 0.349 e. The molecule has 0 bridgehead atoms. The van der Waals surface area contributed by atoms with Gasteiger partial charge >= 0.3 is 5.69 Å². The molecule has 0 spiro atoms. The molecule has 0 radical (unpaired) electrons. The Morgan fingerprint density at radius 3 is 2.68 bits per heavy atom. The van der Waals surface area contributed by atoms with E-state index in [2.05, 4.69) is 20.4 Å². The summed E-state index contributed by atoms with van der Waals surface area (Å²) in [6.45, 7) is -1.18. The number of nitrogens with zero attached hydrogens (tertiary/aromatic N) is 3. The summed E-state index contributed by atoms with van der Waals surface area (Å²) in [5.41, 5.74) is 12.0. The van der Waals surface area contributed by atoms with Crippen molar-refractivity contribution in [1.29, 1.82) is 5.41 Å². The zero-order valence-electron chi connectivity index (χ0n) is 19.7. The summed E-state index contributed by atoms with van der Waals surface area (Å²) in [7, 11) is 1.39. The van der Waals surface area contributed by atoms with Gasteiger partial charge in [0.05, 0.1) is 12.8 Å². The van der Waals surface area contributed by atoms with Crippen LogP contribution in [-0.2, 0) is 0 Å². The predicted octanol–water partition coefficient (Wildman–Crippen LogP) is 2.52. The van der Waals surface area contributed by atoms with E-state index in [1.807, 2.05) is 0 Å². The maximum absolute atomic E-state index is 15.7. The number of H-pyrrole nitrogens is 1. The molecule has 0 saturated carbocycles. The number of methoxy groups -OCH3 is 1. The maximum Gasteiger partial charge on any atom is 0.349 e. The molecule has 4 rings (SSSR count). The number of benzene rings is 2. The van der Waals surface area contributed by atoms with Gasteiger partial charge in [-0.05, 0) is 42.5 Å². The van der Waals surface area contributed by atoms with Gasteiger partial charge in [0.25, 0.3) is 0 Å². The molecule has 2 heterocycles. The second-order valence-electron chi connectivity index (χ2n) is 7.78. The Bertz CT molecular complexity index is 1470. The number of nitrogens with one attached hydrogen (secondary N) is 3. The summed E-state index contributed by atoms with van der Waals surface area (Å²) in [4.78, 5) is 19.5. The van der Waals surface area contributed by atoms with Crippen LogP contribution < -0.4 is 31.9 Å². The fourth-order valence-electron chi connectivity index (χ4n) is 3.58. The van der Waals surface area contributed by atoms with E-state index in [1.165, 1.54) is 25.4 Å². The molecule has 192 valence electrons. The molecule has 1 unspecified atom stereocenters. The molecule has 11 nitrogen and oxygen atoms in total. The second kappa shape index (κ2) is 10.8. The summed E-state index contributed by atoms with van der Waals surface area (Å²) in [5.74, 6) is -0.805. The van der Waals surface area contributed by atoms with Crippen LogP contribution in [-0.4, -0.2) is 46.0 Å². The van der Waals surface area contributed by atoms with E-state index < -0.39 is 24.2 Å². The largest absolute Gasteiger partial charge is 0.497 e. The average Bonchev–Trinajstić information content (AvgIpc) is 3.28. The molecule has 0 amide bonds. The Hall–Kier alpha value is -4.94. The number of aromatic nitrogens is 4. The SMILES string of the molecule is COc1cc(OCCF)c(F)c(C(Nc2ccc(C(=N)N)cc2)c2nn(-c3ncccc3N)c(=O)[nH]2)c1. The van der Waals surface area contributed by atoms with Crippen molar-refractivity contribution in [2.24, 2.45) is 5.73 Å². The number of pyridine rings is 1. The Kier molecular flexibility index (Phi) is 7.32. The first-order valence-corrected chi connectivity index (χ1v) is 11.0. The monoisotopic (exact) mass is 510 g/mol. The number of ether oxygens (including phenoxy) is 2. The minimum absolute atomic E-state index is 0.00116. The Morgan fingerprint density at radius 2 is 2.03 bits per heavy atom. The molecular weight excluding hydrogens is 486 g/mol. The van der Waals surface area contributed by atoms with E-state index in [0.717, 1.165) is 4.68 Å². The Morgan fingerprint density at radius 1 is 1.27 bits per heavy atom. The van der Waals surface area contributed by atoms with Crippen molar-refractivity contribution in [3.8, 4) is 17.3 Å². The minimum Gasteiger partial charge on any atom is -0.497 e. The number of amidine groups is 1. The number of rotatable bonds is 10. The first kappa shape index (κ1) is 25.2. The lowest BCUT2D eigenvalue weighted by molar-refractivity contribution is 0.260. The number of hydrogen-bond donors (Lipinski definition) is 5. The summed E-state index contributed by atoms with van der Waals surface area (Å²) in [6.07, 6.45) is 1.45. The molecule has 0 aliphatic carbocycles. The van der Waals surface area contributed by atoms with Crippen LogP contribution in [0.4, 0.5) is 20.2 Å². The van der Waals surface area contributed by atoms with Crippen LogP contribution in [0.25, 0.3) is 5.82 Å². The van der Waals surface area contributed by atoms with E-state index in [0.29, 0.717) is 11.3 Å². The molecule has 2 aromatic carbocycles. The van der Waals surface area contributed by atoms with Crippen LogP contribution in [0.15, 0.2) is 59.5 Å². The van der Waals surface area contributed by atoms with Gasteiger partial charge in [0.1, 0.15) is 30.9 Å². The van der Waals surface area contributed by atoms with E-state index >= 15 is 4.39 Å². The van der Waals surface area contributed by atoms with Crippen LogP contribution in [0.1, 0.15) is 23.0 Å². The quantitative estimate of drug-likeness (QED) is 0.160. The Labute approximate surface area is 209 Å². The van der Waals surface area contributed by atoms with Gasteiger partial charge in [-0.25, -0.2) is 18.6 Å². The lowest BCUT2D eigenvalue weighted by atomic mass is 10.0. The van der Waals surface area contributed by atoms with Gasteiger partial charge in [-0.3, -0.25) is 10.4 Å². The van der Waals surface area contributed by atoms with Gasteiger partial charge < -0.3 is 26.3 Å². The molecule has 13 heteroatoms. The van der Waals surface area contributed by atoms with Crippen LogP contribution in [0.3, 0.4) is 0 Å². The molecule has 4 aromatic rings. The van der Waals surface area contributed by atoms with Crippen molar-refractivity contribution in [2.75, 3.05) is 31.4 Å². The van der Waals surface area contributed by atoms with Crippen molar-refractivity contribution < 1.29 is 18.3 Å². The van der Waals surface area contributed by atoms with E-state index in [1.54, 1.807) is 36.4 Å². The van der Waals surface area contributed by atoms with E-state index in [-0.39, 0.29) is 46.8 Å². The molecule has 7 N–H and O–H groups in total. The molecule has 2 aromatic heterocycles. The van der Waals surface area contributed by atoms with Gasteiger partial charge in [0.2, 0.25) is 0 Å². The summed E-state index contributed by atoms with van der Waals surface area (Å²) < 4.78 is 39.9. The number of anilines is 2. The third-order valence-electron chi connectivity index (χ3n) is 5.36. The highest BCUT2D eigenvalue weighted by molar-refractivity contribution is 5.95. The van der Waals surface area contributed by atoms with E-state index in [9.17, 15) is 9.18 Å². The highest BCUT2D eigenvalue weighted by Gasteiger charge is 2.27. The van der Waals surface area contributed by atoms with Crippen LogP contribution in [0.5, 0.6) is 11.5 Å².